The van der Waals surface area contributed by atoms with Gasteiger partial charge in [-0.25, -0.2) is 4.79 Å². The number of rotatable bonds is 1. The molecule has 1 rings (SSSR count). The molecule has 0 unspecified atom stereocenters. The highest BCUT2D eigenvalue weighted by Crippen LogP contribution is 2.16. The van der Waals surface area contributed by atoms with Crippen molar-refractivity contribution < 1.29 is 14.6 Å². The Morgan fingerprint density at radius 1 is 1.31 bits per heavy atom. The first-order chi connectivity index (χ1) is 6.09. The topological polar surface area (TPSA) is 49.8 Å². The standard InChI is InChI=1S/C9H11NO3/c1-10(2)9(12)13-8-5-3-7(11)4-6-8/h3-6,11H,1-2H3. The molecule has 0 saturated carbocycles. The van der Waals surface area contributed by atoms with Crippen molar-refractivity contribution in [3.05, 3.63) is 24.3 Å². The first-order valence-corrected chi connectivity index (χ1v) is 3.78. The monoisotopic (exact) mass is 181 g/mol. The average molecular weight is 181 g/mol. The number of phenols is 1. The maximum Gasteiger partial charge on any atom is 0.414 e. The van der Waals surface area contributed by atoms with Crippen molar-refractivity contribution in [3.8, 4) is 11.5 Å². The molecule has 0 aliphatic carbocycles. The molecule has 0 saturated heterocycles. The van der Waals surface area contributed by atoms with Gasteiger partial charge in [-0.3, -0.25) is 0 Å². The number of hydrogen-bond acceptors (Lipinski definition) is 3. The SMILES string of the molecule is CN(C)C(=O)Oc1ccc(O)cc1. The summed E-state index contributed by atoms with van der Waals surface area (Å²) in [6, 6.07) is 5.96. The van der Waals surface area contributed by atoms with Gasteiger partial charge in [0.05, 0.1) is 0 Å². The van der Waals surface area contributed by atoms with Gasteiger partial charge < -0.3 is 14.7 Å². The van der Waals surface area contributed by atoms with Crippen LogP contribution >= 0.6 is 0 Å². The van der Waals surface area contributed by atoms with E-state index in [9.17, 15) is 4.79 Å². The fraction of sp³-hybridized carbons (Fsp3) is 0.222. The van der Waals surface area contributed by atoms with E-state index in [0.29, 0.717) is 5.75 Å². The van der Waals surface area contributed by atoms with Gasteiger partial charge in [0, 0.05) is 14.1 Å². The summed E-state index contributed by atoms with van der Waals surface area (Å²) in [5, 5.41) is 8.95. The minimum atomic E-state index is -0.439. The van der Waals surface area contributed by atoms with Crippen molar-refractivity contribution >= 4 is 6.09 Å². The van der Waals surface area contributed by atoms with Crippen molar-refractivity contribution in [1.29, 1.82) is 0 Å². The van der Waals surface area contributed by atoms with Crippen LogP contribution in [0.2, 0.25) is 0 Å². The zero-order valence-electron chi connectivity index (χ0n) is 7.52. The average Bonchev–Trinajstić information content (AvgIpc) is 2.08. The summed E-state index contributed by atoms with van der Waals surface area (Å²) in [6.45, 7) is 0. The van der Waals surface area contributed by atoms with Crippen LogP contribution in [0.5, 0.6) is 11.5 Å². The van der Waals surface area contributed by atoms with E-state index in [1.807, 2.05) is 0 Å². The number of phenolic OH excluding ortho intramolecular Hbond substituents is 1. The third-order valence-corrected chi connectivity index (χ3v) is 1.41. The Bertz CT molecular complexity index is 292. The molecule has 0 aliphatic heterocycles. The second kappa shape index (κ2) is 3.80. The van der Waals surface area contributed by atoms with Gasteiger partial charge in [-0.15, -0.1) is 0 Å². The number of carbonyl (C=O) groups excluding carboxylic acids is 1. The van der Waals surface area contributed by atoms with Gasteiger partial charge >= 0.3 is 6.09 Å². The number of hydrogen-bond donors (Lipinski definition) is 1. The second-order valence-corrected chi connectivity index (χ2v) is 2.76. The summed E-state index contributed by atoms with van der Waals surface area (Å²) in [5.41, 5.74) is 0. The summed E-state index contributed by atoms with van der Waals surface area (Å²) < 4.78 is 4.91. The molecule has 4 heteroatoms. The van der Waals surface area contributed by atoms with Gasteiger partial charge in [-0.2, -0.15) is 0 Å². The van der Waals surface area contributed by atoms with Gasteiger partial charge in [0.15, 0.2) is 0 Å². The molecule has 0 heterocycles. The lowest BCUT2D eigenvalue weighted by Crippen LogP contribution is -2.25. The number of nitrogens with zero attached hydrogens (tertiary/aromatic N) is 1. The molecular formula is C9H11NO3. The quantitative estimate of drug-likeness (QED) is 0.713. The number of amides is 1. The predicted molar refractivity (Wildman–Crippen MR) is 47.8 cm³/mol. The first-order valence-electron chi connectivity index (χ1n) is 3.78. The largest absolute Gasteiger partial charge is 0.508 e. The van der Waals surface area contributed by atoms with Gasteiger partial charge in [0.1, 0.15) is 11.5 Å². The molecule has 0 radical (unpaired) electrons. The molecule has 1 aromatic carbocycles. The summed E-state index contributed by atoms with van der Waals surface area (Å²) >= 11 is 0. The molecule has 0 spiro atoms. The molecule has 0 atom stereocenters. The van der Waals surface area contributed by atoms with E-state index in [4.69, 9.17) is 9.84 Å². The molecule has 4 nitrogen and oxygen atoms in total. The highest BCUT2D eigenvalue weighted by Gasteiger charge is 2.05. The molecule has 1 aromatic rings. The first kappa shape index (κ1) is 9.38. The lowest BCUT2D eigenvalue weighted by molar-refractivity contribution is 0.172. The van der Waals surface area contributed by atoms with Crippen LogP contribution in [0, 0.1) is 0 Å². The van der Waals surface area contributed by atoms with Crippen LogP contribution in [0.3, 0.4) is 0 Å². The van der Waals surface area contributed by atoms with Crippen LogP contribution in [0.1, 0.15) is 0 Å². The van der Waals surface area contributed by atoms with E-state index in [-0.39, 0.29) is 5.75 Å². The number of benzene rings is 1. The normalized spacial score (nSPS) is 9.38. The lowest BCUT2D eigenvalue weighted by Gasteiger charge is -2.10. The van der Waals surface area contributed by atoms with Crippen LogP contribution < -0.4 is 4.74 Å². The van der Waals surface area contributed by atoms with Crippen molar-refractivity contribution in [1.82, 2.24) is 4.90 Å². The van der Waals surface area contributed by atoms with E-state index >= 15 is 0 Å². The highest BCUT2D eigenvalue weighted by molar-refractivity contribution is 5.69. The fourth-order valence-electron chi connectivity index (χ4n) is 0.706. The Balaban J connectivity index is 2.65. The second-order valence-electron chi connectivity index (χ2n) is 2.76. The van der Waals surface area contributed by atoms with E-state index in [1.54, 1.807) is 14.1 Å². The van der Waals surface area contributed by atoms with Crippen LogP contribution in [-0.4, -0.2) is 30.2 Å². The summed E-state index contributed by atoms with van der Waals surface area (Å²) in [4.78, 5) is 12.4. The third kappa shape index (κ3) is 2.66. The van der Waals surface area contributed by atoms with Crippen molar-refractivity contribution in [3.63, 3.8) is 0 Å². The molecular weight excluding hydrogens is 170 g/mol. The van der Waals surface area contributed by atoms with E-state index in [1.165, 1.54) is 29.2 Å². The fourth-order valence-corrected chi connectivity index (χ4v) is 0.706. The third-order valence-electron chi connectivity index (χ3n) is 1.41. The maximum atomic E-state index is 11.0. The van der Waals surface area contributed by atoms with Crippen molar-refractivity contribution in [2.24, 2.45) is 0 Å². The number of carbonyl (C=O) groups is 1. The van der Waals surface area contributed by atoms with Crippen molar-refractivity contribution in [2.75, 3.05) is 14.1 Å². The Morgan fingerprint density at radius 3 is 2.31 bits per heavy atom. The van der Waals surface area contributed by atoms with Crippen LogP contribution in [-0.2, 0) is 0 Å². The molecule has 1 N–H and O–H groups in total. The molecule has 0 bridgehead atoms. The van der Waals surface area contributed by atoms with Gasteiger partial charge in [-0.1, -0.05) is 0 Å². The maximum absolute atomic E-state index is 11.0. The van der Waals surface area contributed by atoms with E-state index < -0.39 is 6.09 Å². The number of ether oxygens (including phenoxy) is 1. The Hall–Kier alpha value is -1.71. The molecule has 1 amide bonds. The van der Waals surface area contributed by atoms with E-state index in [0.717, 1.165) is 0 Å². The molecule has 0 aliphatic rings. The zero-order chi connectivity index (χ0) is 9.84. The van der Waals surface area contributed by atoms with Crippen LogP contribution in [0.25, 0.3) is 0 Å². The van der Waals surface area contributed by atoms with Gasteiger partial charge in [-0.05, 0) is 24.3 Å². The molecule has 13 heavy (non-hydrogen) atoms. The predicted octanol–water partition coefficient (Wildman–Crippen LogP) is 1.45. The van der Waals surface area contributed by atoms with E-state index in [2.05, 4.69) is 0 Å². The highest BCUT2D eigenvalue weighted by atomic mass is 16.6. The Morgan fingerprint density at radius 2 is 1.85 bits per heavy atom. The summed E-state index contributed by atoms with van der Waals surface area (Å²) in [6.07, 6.45) is -0.439. The summed E-state index contributed by atoms with van der Waals surface area (Å²) in [7, 11) is 3.20. The molecule has 0 fully saturated rings. The minimum Gasteiger partial charge on any atom is -0.508 e. The zero-order valence-corrected chi connectivity index (χ0v) is 7.52. The van der Waals surface area contributed by atoms with Crippen LogP contribution in [0.4, 0.5) is 4.79 Å². The van der Waals surface area contributed by atoms with Gasteiger partial charge in [0.25, 0.3) is 0 Å². The van der Waals surface area contributed by atoms with Crippen molar-refractivity contribution in [2.45, 2.75) is 0 Å². The summed E-state index contributed by atoms with van der Waals surface area (Å²) in [5.74, 6) is 0.557. The number of aromatic hydroxyl groups is 1. The Kier molecular flexibility index (Phi) is 2.74. The minimum absolute atomic E-state index is 0.143. The lowest BCUT2D eigenvalue weighted by atomic mass is 10.3. The molecule has 70 valence electrons. The smallest absolute Gasteiger partial charge is 0.414 e. The van der Waals surface area contributed by atoms with Gasteiger partial charge in [0.2, 0.25) is 0 Å². The molecule has 0 aromatic heterocycles. The van der Waals surface area contributed by atoms with Crippen LogP contribution in [0.15, 0.2) is 24.3 Å². The Labute approximate surface area is 76.4 Å².